The topological polar surface area (TPSA) is 65.8 Å². The van der Waals surface area contributed by atoms with E-state index in [-0.39, 0.29) is 10.6 Å². The summed E-state index contributed by atoms with van der Waals surface area (Å²) in [7, 11) is 1.74. The number of carboxylic acids is 1. The lowest BCUT2D eigenvalue weighted by Crippen LogP contribution is -2.34. The van der Waals surface area contributed by atoms with Crippen LogP contribution in [0.5, 0.6) is 0 Å². The molecule has 0 aliphatic carbocycles. The molecule has 2 aromatic rings. The average Bonchev–Trinajstić information content (AvgIpc) is 3.03. The molecule has 0 saturated carbocycles. The van der Waals surface area contributed by atoms with Crippen LogP contribution in [-0.2, 0) is 4.79 Å². The van der Waals surface area contributed by atoms with E-state index in [4.69, 9.17) is 11.6 Å². The highest BCUT2D eigenvalue weighted by Crippen LogP contribution is 2.38. The van der Waals surface area contributed by atoms with Gasteiger partial charge in [0.15, 0.2) is 10.8 Å². The van der Waals surface area contributed by atoms with Crippen molar-refractivity contribution in [1.29, 1.82) is 0 Å². The predicted molar refractivity (Wildman–Crippen MR) is 90.9 cm³/mol. The number of amidine groups is 1. The van der Waals surface area contributed by atoms with Crippen LogP contribution in [0.1, 0.15) is 23.5 Å². The molecular formula is C16H13ClFN3O2S. The molecule has 24 heavy (non-hydrogen) atoms. The maximum absolute atomic E-state index is 13.3. The van der Waals surface area contributed by atoms with Crippen LogP contribution in [0.15, 0.2) is 46.0 Å². The summed E-state index contributed by atoms with van der Waals surface area (Å²) in [5, 5.41) is 12.3. The zero-order valence-corrected chi connectivity index (χ0v) is 14.4. The normalized spacial score (nSPS) is 17.9. The molecular weight excluding hydrogens is 353 g/mol. The molecule has 0 spiro atoms. The van der Waals surface area contributed by atoms with Crippen LogP contribution in [0, 0.1) is 5.82 Å². The van der Waals surface area contributed by atoms with Crippen molar-refractivity contribution in [2.24, 2.45) is 4.99 Å². The van der Waals surface area contributed by atoms with Crippen LogP contribution >= 0.6 is 22.9 Å². The van der Waals surface area contributed by atoms with E-state index in [1.807, 2.05) is 5.38 Å². The highest BCUT2D eigenvalue weighted by atomic mass is 35.5. The molecule has 2 heterocycles. The van der Waals surface area contributed by atoms with Gasteiger partial charge in [0.25, 0.3) is 0 Å². The van der Waals surface area contributed by atoms with E-state index in [0.717, 1.165) is 6.07 Å². The zero-order chi connectivity index (χ0) is 17.4. The third-order valence-electron chi connectivity index (χ3n) is 3.85. The van der Waals surface area contributed by atoms with Crippen molar-refractivity contribution in [3.63, 3.8) is 0 Å². The first-order valence-corrected chi connectivity index (χ1v) is 8.26. The SMILES string of the molecule is CC1=C(C(=O)O)C(c2ccc(F)cc2Cl)N=C(c2nccs2)N1C. The van der Waals surface area contributed by atoms with Gasteiger partial charge < -0.3 is 10.0 Å². The molecule has 8 heteroatoms. The van der Waals surface area contributed by atoms with Gasteiger partial charge in [-0.05, 0) is 19.1 Å². The van der Waals surface area contributed by atoms with Crippen LogP contribution in [-0.4, -0.2) is 33.8 Å². The second kappa shape index (κ2) is 6.33. The Morgan fingerprint density at radius 3 is 2.79 bits per heavy atom. The molecule has 0 amide bonds. The molecule has 1 unspecified atom stereocenters. The molecule has 1 aromatic carbocycles. The van der Waals surface area contributed by atoms with Crippen molar-refractivity contribution in [3.8, 4) is 0 Å². The third kappa shape index (κ3) is 2.81. The summed E-state index contributed by atoms with van der Waals surface area (Å²) >= 11 is 7.54. The second-order valence-electron chi connectivity index (χ2n) is 5.22. The van der Waals surface area contributed by atoms with Crippen molar-refractivity contribution >= 4 is 34.7 Å². The highest BCUT2D eigenvalue weighted by molar-refractivity contribution is 7.11. The van der Waals surface area contributed by atoms with Gasteiger partial charge in [-0.15, -0.1) is 11.3 Å². The van der Waals surface area contributed by atoms with E-state index < -0.39 is 17.8 Å². The lowest BCUT2D eigenvalue weighted by atomic mass is 9.95. The minimum absolute atomic E-state index is 0.103. The van der Waals surface area contributed by atoms with Crippen LogP contribution in [0.25, 0.3) is 0 Å². The second-order valence-corrected chi connectivity index (χ2v) is 6.52. The number of hydrogen-bond donors (Lipinski definition) is 1. The predicted octanol–water partition coefficient (Wildman–Crippen LogP) is 3.73. The van der Waals surface area contributed by atoms with E-state index in [2.05, 4.69) is 9.98 Å². The average molecular weight is 366 g/mol. The minimum Gasteiger partial charge on any atom is -0.478 e. The van der Waals surface area contributed by atoms with Gasteiger partial charge >= 0.3 is 5.97 Å². The van der Waals surface area contributed by atoms with Gasteiger partial charge in [0, 0.05) is 34.9 Å². The number of benzene rings is 1. The number of aromatic nitrogens is 1. The molecule has 3 rings (SSSR count). The number of halogens is 2. The number of rotatable bonds is 3. The quantitative estimate of drug-likeness (QED) is 0.900. The van der Waals surface area contributed by atoms with Gasteiger partial charge in [0.05, 0.1) is 5.57 Å². The monoisotopic (exact) mass is 365 g/mol. The number of carbonyl (C=O) groups is 1. The Balaban J connectivity index is 2.20. The summed E-state index contributed by atoms with van der Waals surface area (Å²) in [5.74, 6) is -1.03. The zero-order valence-electron chi connectivity index (χ0n) is 12.8. The Bertz CT molecular complexity index is 864. The van der Waals surface area contributed by atoms with Crippen LogP contribution < -0.4 is 0 Å². The van der Waals surface area contributed by atoms with Crippen molar-refractivity contribution in [3.05, 3.63) is 62.5 Å². The fraction of sp³-hybridized carbons (Fsp3) is 0.188. The standard InChI is InChI=1S/C16H13ClFN3O2S/c1-8-12(16(22)23)13(10-4-3-9(18)7-11(10)17)20-14(21(8)2)15-19-5-6-24-15/h3-7,13H,1-2H3,(H,22,23). The van der Waals surface area contributed by atoms with Crippen molar-refractivity contribution in [2.45, 2.75) is 13.0 Å². The van der Waals surface area contributed by atoms with Crippen LogP contribution in [0.4, 0.5) is 4.39 Å². The number of aliphatic carboxylic acids is 1. The summed E-state index contributed by atoms with van der Waals surface area (Å²) in [6, 6.07) is 3.04. The first kappa shape index (κ1) is 16.6. The Hall–Kier alpha value is -2.25. The summed E-state index contributed by atoms with van der Waals surface area (Å²) < 4.78 is 13.3. The first-order valence-electron chi connectivity index (χ1n) is 7.00. The van der Waals surface area contributed by atoms with Crippen molar-refractivity contribution < 1.29 is 14.3 Å². The number of hydrogen-bond acceptors (Lipinski definition) is 5. The number of carboxylic acid groups (broad SMARTS) is 1. The Morgan fingerprint density at radius 1 is 1.46 bits per heavy atom. The first-order chi connectivity index (χ1) is 11.4. The molecule has 1 atom stereocenters. The number of aliphatic imine (C=N–C) groups is 1. The number of allylic oxidation sites excluding steroid dienone is 1. The Kier molecular flexibility index (Phi) is 4.38. The van der Waals surface area contributed by atoms with E-state index in [1.54, 1.807) is 25.1 Å². The van der Waals surface area contributed by atoms with Gasteiger partial charge in [0.1, 0.15) is 11.9 Å². The molecule has 1 aliphatic rings. The van der Waals surface area contributed by atoms with Crippen molar-refractivity contribution in [2.75, 3.05) is 7.05 Å². The molecule has 1 N–H and O–H groups in total. The van der Waals surface area contributed by atoms with Crippen LogP contribution in [0.3, 0.4) is 0 Å². The van der Waals surface area contributed by atoms with E-state index in [9.17, 15) is 14.3 Å². The van der Waals surface area contributed by atoms with E-state index >= 15 is 0 Å². The smallest absolute Gasteiger partial charge is 0.335 e. The molecule has 1 aromatic heterocycles. The summed E-state index contributed by atoms with van der Waals surface area (Å²) in [6.45, 7) is 1.70. The number of thiazole rings is 1. The third-order valence-corrected chi connectivity index (χ3v) is 4.94. The summed E-state index contributed by atoms with van der Waals surface area (Å²) in [5.41, 5.74) is 1.08. The van der Waals surface area contributed by atoms with E-state index in [0.29, 0.717) is 22.1 Å². The van der Waals surface area contributed by atoms with Gasteiger partial charge in [-0.2, -0.15) is 0 Å². The molecule has 0 fully saturated rings. The number of nitrogens with zero attached hydrogens (tertiary/aromatic N) is 3. The Morgan fingerprint density at radius 2 is 2.21 bits per heavy atom. The maximum Gasteiger partial charge on any atom is 0.335 e. The van der Waals surface area contributed by atoms with E-state index in [1.165, 1.54) is 23.5 Å². The highest BCUT2D eigenvalue weighted by Gasteiger charge is 2.34. The fourth-order valence-electron chi connectivity index (χ4n) is 2.56. The Labute approximate surface area is 146 Å². The van der Waals surface area contributed by atoms with Crippen LogP contribution in [0.2, 0.25) is 5.02 Å². The van der Waals surface area contributed by atoms with Gasteiger partial charge in [-0.3, -0.25) is 4.99 Å². The minimum atomic E-state index is -1.09. The molecule has 1 aliphatic heterocycles. The lowest BCUT2D eigenvalue weighted by molar-refractivity contribution is -0.133. The molecule has 0 radical (unpaired) electrons. The largest absolute Gasteiger partial charge is 0.478 e. The lowest BCUT2D eigenvalue weighted by Gasteiger charge is -2.31. The van der Waals surface area contributed by atoms with Gasteiger partial charge in [-0.1, -0.05) is 17.7 Å². The summed E-state index contributed by atoms with van der Waals surface area (Å²) in [4.78, 5) is 22.3. The van der Waals surface area contributed by atoms with Gasteiger partial charge in [0.2, 0.25) is 0 Å². The molecule has 0 bridgehead atoms. The molecule has 0 saturated heterocycles. The molecule has 124 valence electrons. The van der Waals surface area contributed by atoms with Gasteiger partial charge in [-0.25, -0.2) is 14.2 Å². The van der Waals surface area contributed by atoms with Crippen molar-refractivity contribution in [1.82, 2.24) is 9.88 Å². The maximum atomic E-state index is 13.3. The summed E-state index contributed by atoms with van der Waals surface area (Å²) in [6.07, 6.45) is 1.65. The fourth-order valence-corrected chi connectivity index (χ4v) is 3.50. The molecule has 5 nitrogen and oxygen atoms in total.